The van der Waals surface area contributed by atoms with Crippen LogP contribution in [-0.4, -0.2) is 33.4 Å². The quantitative estimate of drug-likeness (QED) is 0.875. The van der Waals surface area contributed by atoms with Crippen molar-refractivity contribution in [2.24, 2.45) is 11.7 Å². The Morgan fingerprint density at radius 1 is 1.24 bits per heavy atom. The SMILES string of the molecule is CCCC[C@@H]1CN(c2ccc(OC)c(OC)c2)CC[C@H]1N. The molecule has 1 fully saturated rings. The van der Waals surface area contributed by atoms with E-state index in [2.05, 4.69) is 24.0 Å². The van der Waals surface area contributed by atoms with Gasteiger partial charge in [-0.25, -0.2) is 0 Å². The monoisotopic (exact) mass is 292 g/mol. The summed E-state index contributed by atoms with van der Waals surface area (Å²) in [6, 6.07) is 6.48. The number of hydrogen-bond donors (Lipinski definition) is 1. The highest BCUT2D eigenvalue weighted by atomic mass is 16.5. The van der Waals surface area contributed by atoms with E-state index in [0.717, 1.165) is 31.0 Å². The molecule has 2 N–H and O–H groups in total. The van der Waals surface area contributed by atoms with Crippen LogP contribution in [0.15, 0.2) is 18.2 Å². The van der Waals surface area contributed by atoms with Crippen molar-refractivity contribution in [3.8, 4) is 11.5 Å². The first-order chi connectivity index (χ1) is 10.2. The van der Waals surface area contributed by atoms with Gasteiger partial charge in [-0.15, -0.1) is 0 Å². The lowest BCUT2D eigenvalue weighted by atomic mass is 9.88. The second kappa shape index (κ2) is 7.55. The van der Waals surface area contributed by atoms with Gasteiger partial charge < -0.3 is 20.1 Å². The number of piperidine rings is 1. The molecule has 4 heteroatoms. The maximum absolute atomic E-state index is 6.29. The molecule has 1 saturated heterocycles. The van der Waals surface area contributed by atoms with Gasteiger partial charge in [0.2, 0.25) is 0 Å². The fourth-order valence-electron chi connectivity index (χ4n) is 3.08. The zero-order valence-electron chi connectivity index (χ0n) is 13.5. The summed E-state index contributed by atoms with van der Waals surface area (Å²) in [7, 11) is 3.34. The molecule has 1 aromatic rings. The molecule has 0 bridgehead atoms. The molecule has 21 heavy (non-hydrogen) atoms. The van der Waals surface area contributed by atoms with Crippen LogP contribution in [0.5, 0.6) is 11.5 Å². The number of unbranched alkanes of at least 4 members (excludes halogenated alkanes) is 1. The van der Waals surface area contributed by atoms with E-state index in [-0.39, 0.29) is 0 Å². The average Bonchev–Trinajstić information content (AvgIpc) is 2.53. The third-order valence-electron chi connectivity index (χ3n) is 4.45. The Hall–Kier alpha value is -1.42. The number of ether oxygens (including phenoxy) is 2. The average molecular weight is 292 g/mol. The largest absolute Gasteiger partial charge is 0.493 e. The molecule has 0 spiro atoms. The maximum atomic E-state index is 6.29. The predicted molar refractivity (Wildman–Crippen MR) is 87.4 cm³/mol. The van der Waals surface area contributed by atoms with Gasteiger partial charge in [-0.3, -0.25) is 0 Å². The van der Waals surface area contributed by atoms with Crippen molar-refractivity contribution < 1.29 is 9.47 Å². The first kappa shape index (κ1) is 16.0. The smallest absolute Gasteiger partial charge is 0.162 e. The summed E-state index contributed by atoms with van der Waals surface area (Å²) in [4.78, 5) is 2.42. The second-order valence-corrected chi connectivity index (χ2v) is 5.84. The van der Waals surface area contributed by atoms with Crippen molar-refractivity contribution in [2.45, 2.75) is 38.6 Å². The van der Waals surface area contributed by atoms with Crippen molar-refractivity contribution in [3.05, 3.63) is 18.2 Å². The second-order valence-electron chi connectivity index (χ2n) is 5.84. The summed E-state index contributed by atoms with van der Waals surface area (Å²) in [5.74, 6) is 2.15. The van der Waals surface area contributed by atoms with Crippen molar-refractivity contribution >= 4 is 5.69 Å². The van der Waals surface area contributed by atoms with Gasteiger partial charge >= 0.3 is 0 Å². The van der Waals surface area contributed by atoms with E-state index in [1.165, 1.54) is 24.9 Å². The van der Waals surface area contributed by atoms with E-state index < -0.39 is 0 Å². The molecule has 0 radical (unpaired) electrons. The van der Waals surface area contributed by atoms with Crippen molar-refractivity contribution in [3.63, 3.8) is 0 Å². The number of benzene rings is 1. The van der Waals surface area contributed by atoms with Gasteiger partial charge in [0.1, 0.15) is 0 Å². The number of methoxy groups -OCH3 is 2. The minimum Gasteiger partial charge on any atom is -0.493 e. The first-order valence-corrected chi connectivity index (χ1v) is 7.92. The van der Waals surface area contributed by atoms with Crippen LogP contribution in [0, 0.1) is 5.92 Å². The maximum Gasteiger partial charge on any atom is 0.162 e. The van der Waals surface area contributed by atoms with Gasteiger partial charge in [0.15, 0.2) is 11.5 Å². The van der Waals surface area contributed by atoms with Gasteiger partial charge in [-0.1, -0.05) is 19.8 Å². The lowest BCUT2D eigenvalue weighted by Crippen LogP contribution is -2.47. The van der Waals surface area contributed by atoms with E-state index in [4.69, 9.17) is 15.2 Å². The molecule has 4 nitrogen and oxygen atoms in total. The Kier molecular flexibility index (Phi) is 5.74. The summed E-state index contributed by atoms with van der Waals surface area (Å²) in [5, 5.41) is 0. The topological polar surface area (TPSA) is 47.7 Å². The van der Waals surface area contributed by atoms with Crippen LogP contribution in [-0.2, 0) is 0 Å². The highest BCUT2D eigenvalue weighted by Gasteiger charge is 2.26. The third-order valence-corrected chi connectivity index (χ3v) is 4.45. The highest BCUT2D eigenvalue weighted by Crippen LogP contribution is 2.33. The standard InChI is InChI=1S/C17H28N2O2/c1-4-5-6-13-12-19(10-9-15(13)18)14-7-8-16(20-2)17(11-14)21-3/h7-8,11,13,15H,4-6,9-10,12,18H2,1-3H3/t13-,15-/m1/s1. The molecule has 2 atom stereocenters. The van der Waals surface area contributed by atoms with Crippen LogP contribution in [0.4, 0.5) is 5.69 Å². The third kappa shape index (κ3) is 3.82. The number of anilines is 1. The molecule has 0 saturated carbocycles. The minimum atomic E-state index is 0.341. The number of nitrogens with two attached hydrogens (primary N) is 1. The Labute approximate surface area is 128 Å². The summed E-state index contributed by atoms with van der Waals surface area (Å²) in [5.41, 5.74) is 7.49. The van der Waals surface area contributed by atoms with E-state index in [1.807, 2.05) is 6.07 Å². The van der Waals surface area contributed by atoms with Crippen molar-refractivity contribution in [2.75, 3.05) is 32.2 Å². The van der Waals surface area contributed by atoms with E-state index in [9.17, 15) is 0 Å². The number of hydrogen-bond acceptors (Lipinski definition) is 4. The van der Waals surface area contributed by atoms with Crippen LogP contribution in [0.2, 0.25) is 0 Å². The zero-order valence-corrected chi connectivity index (χ0v) is 13.5. The van der Waals surface area contributed by atoms with Crippen LogP contribution >= 0.6 is 0 Å². The fraction of sp³-hybridized carbons (Fsp3) is 0.647. The Morgan fingerprint density at radius 3 is 2.67 bits per heavy atom. The normalized spacial score (nSPS) is 22.2. The summed E-state index contributed by atoms with van der Waals surface area (Å²) >= 11 is 0. The molecule has 1 heterocycles. The molecule has 118 valence electrons. The van der Waals surface area contributed by atoms with E-state index in [0.29, 0.717) is 12.0 Å². The molecular weight excluding hydrogens is 264 g/mol. The van der Waals surface area contributed by atoms with E-state index in [1.54, 1.807) is 14.2 Å². The molecule has 0 unspecified atom stereocenters. The molecule has 2 rings (SSSR count). The van der Waals surface area contributed by atoms with Gasteiger partial charge in [0, 0.05) is 30.9 Å². The zero-order chi connectivity index (χ0) is 15.2. The lowest BCUT2D eigenvalue weighted by molar-refractivity contribution is 0.329. The molecule has 1 aliphatic heterocycles. The summed E-state index contributed by atoms with van der Waals surface area (Å²) < 4.78 is 10.7. The van der Waals surface area contributed by atoms with Crippen LogP contribution < -0.4 is 20.1 Å². The molecule has 1 aromatic carbocycles. The number of nitrogens with zero attached hydrogens (tertiary/aromatic N) is 1. The van der Waals surface area contributed by atoms with Gasteiger partial charge in [0.05, 0.1) is 14.2 Å². The summed E-state index contributed by atoms with van der Waals surface area (Å²) in [6.45, 7) is 4.29. The molecule has 1 aliphatic rings. The first-order valence-electron chi connectivity index (χ1n) is 7.92. The van der Waals surface area contributed by atoms with Gasteiger partial charge in [0.25, 0.3) is 0 Å². The summed E-state index contributed by atoms with van der Waals surface area (Å²) in [6.07, 6.45) is 4.78. The molecule has 0 aliphatic carbocycles. The number of rotatable bonds is 6. The molecular formula is C17H28N2O2. The Balaban J connectivity index is 2.10. The lowest BCUT2D eigenvalue weighted by Gasteiger charge is -2.38. The molecule has 0 amide bonds. The van der Waals surface area contributed by atoms with Crippen molar-refractivity contribution in [1.82, 2.24) is 0 Å². The van der Waals surface area contributed by atoms with Gasteiger partial charge in [-0.05, 0) is 30.9 Å². The minimum absolute atomic E-state index is 0.341. The van der Waals surface area contributed by atoms with Crippen LogP contribution in [0.1, 0.15) is 32.6 Å². The highest BCUT2D eigenvalue weighted by molar-refractivity contribution is 5.56. The Bertz CT molecular complexity index is 450. The predicted octanol–water partition coefficient (Wildman–Crippen LogP) is 3.05. The van der Waals surface area contributed by atoms with Crippen LogP contribution in [0.25, 0.3) is 0 Å². The Morgan fingerprint density at radius 2 is 2.00 bits per heavy atom. The fourth-order valence-corrected chi connectivity index (χ4v) is 3.08. The van der Waals surface area contributed by atoms with Crippen molar-refractivity contribution in [1.29, 1.82) is 0 Å². The molecule has 0 aromatic heterocycles. The van der Waals surface area contributed by atoms with Crippen LogP contribution in [0.3, 0.4) is 0 Å². The van der Waals surface area contributed by atoms with Gasteiger partial charge in [-0.2, -0.15) is 0 Å². The van der Waals surface area contributed by atoms with E-state index >= 15 is 0 Å².